The molecule has 0 aliphatic heterocycles. The Morgan fingerprint density at radius 1 is 1.37 bits per heavy atom. The van der Waals surface area contributed by atoms with E-state index in [1.54, 1.807) is 0 Å². The van der Waals surface area contributed by atoms with E-state index in [0.717, 1.165) is 6.07 Å². The molecule has 0 atom stereocenters. The SMILES string of the molecule is Cc1cc(S(=O)(=O)NCCN(C)C)cc(CO)c1F. The Morgan fingerprint density at radius 2 is 2.00 bits per heavy atom. The molecule has 0 radical (unpaired) electrons. The molecule has 0 amide bonds. The zero-order valence-corrected chi connectivity index (χ0v) is 12.1. The van der Waals surface area contributed by atoms with Crippen LogP contribution in [0.3, 0.4) is 0 Å². The van der Waals surface area contributed by atoms with Crippen molar-refractivity contribution < 1.29 is 17.9 Å². The van der Waals surface area contributed by atoms with E-state index in [1.165, 1.54) is 13.0 Å². The Labute approximate surface area is 113 Å². The normalized spacial score (nSPS) is 12.1. The largest absolute Gasteiger partial charge is 0.392 e. The van der Waals surface area contributed by atoms with Gasteiger partial charge in [-0.25, -0.2) is 17.5 Å². The third-order valence-electron chi connectivity index (χ3n) is 2.64. The monoisotopic (exact) mass is 290 g/mol. The summed E-state index contributed by atoms with van der Waals surface area (Å²) in [4.78, 5) is 1.81. The molecule has 1 aromatic rings. The van der Waals surface area contributed by atoms with Crippen LogP contribution in [-0.2, 0) is 16.6 Å². The number of hydrogen-bond donors (Lipinski definition) is 2. The summed E-state index contributed by atoms with van der Waals surface area (Å²) in [5.41, 5.74) is 0.174. The van der Waals surface area contributed by atoms with Gasteiger partial charge in [0.05, 0.1) is 11.5 Å². The first kappa shape index (κ1) is 16.0. The number of aliphatic hydroxyl groups excluding tert-OH is 1. The minimum atomic E-state index is -3.68. The molecule has 0 aliphatic carbocycles. The van der Waals surface area contributed by atoms with Gasteiger partial charge in [-0.2, -0.15) is 0 Å². The molecule has 0 aliphatic rings. The quantitative estimate of drug-likeness (QED) is 0.799. The molecule has 0 saturated carbocycles. The van der Waals surface area contributed by atoms with E-state index in [-0.39, 0.29) is 22.6 Å². The lowest BCUT2D eigenvalue weighted by molar-refractivity contribution is 0.275. The van der Waals surface area contributed by atoms with Gasteiger partial charge in [0.25, 0.3) is 0 Å². The van der Waals surface area contributed by atoms with Crippen LogP contribution in [0.2, 0.25) is 0 Å². The van der Waals surface area contributed by atoms with Gasteiger partial charge >= 0.3 is 0 Å². The van der Waals surface area contributed by atoms with E-state index in [2.05, 4.69) is 4.72 Å². The van der Waals surface area contributed by atoms with Gasteiger partial charge in [-0.1, -0.05) is 0 Å². The second kappa shape index (κ2) is 6.42. The number of rotatable bonds is 6. The molecule has 0 spiro atoms. The summed E-state index contributed by atoms with van der Waals surface area (Å²) >= 11 is 0. The van der Waals surface area contributed by atoms with Crippen LogP contribution in [0.15, 0.2) is 17.0 Å². The fourth-order valence-corrected chi connectivity index (χ4v) is 2.72. The first-order valence-corrected chi connectivity index (χ1v) is 7.30. The minimum Gasteiger partial charge on any atom is -0.392 e. The van der Waals surface area contributed by atoms with Gasteiger partial charge in [-0.3, -0.25) is 0 Å². The van der Waals surface area contributed by atoms with Crippen LogP contribution in [0.4, 0.5) is 4.39 Å². The summed E-state index contributed by atoms with van der Waals surface area (Å²) in [6.45, 7) is 1.76. The fraction of sp³-hybridized carbons (Fsp3) is 0.500. The van der Waals surface area contributed by atoms with Crippen molar-refractivity contribution in [2.45, 2.75) is 18.4 Å². The predicted molar refractivity (Wildman–Crippen MR) is 70.8 cm³/mol. The number of aryl methyl sites for hydroxylation is 1. The van der Waals surface area contributed by atoms with E-state index in [9.17, 15) is 12.8 Å². The number of aliphatic hydroxyl groups is 1. The van der Waals surface area contributed by atoms with Crippen LogP contribution in [0, 0.1) is 12.7 Å². The molecule has 0 unspecified atom stereocenters. The molecule has 0 fully saturated rings. The molecule has 1 aromatic carbocycles. The summed E-state index contributed by atoms with van der Waals surface area (Å²) in [6.07, 6.45) is 0. The van der Waals surface area contributed by atoms with E-state index < -0.39 is 22.4 Å². The summed E-state index contributed by atoms with van der Waals surface area (Å²) in [5.74, 6) is -0.574. The highest BCUT2D eigenvalue weighted by Crippen LogP contribution is 2.19. The number of benzene rings is 1. The van der Waals surface area contributed by atoms with E-state index in [1.807, 2.05) is 19.0 Å². The summed E-state index contributed by atoms with van der Waals surface area (Å²) in [7, 11) is -0.0152. The van der Waals surface area contributed by atoms with Crippen molar-refractivity contribution in [3.63, 3.8) is 0 Å². The van der Waals surface area contributed by atoms with Gasteiger partial charge in [0.15, 0.2) is 0 Å². The number of nitrogens with zero attached hydrogens (tertiary/aromatic N) is 1. The minimum absolute atomic E-state index is 0.0204. The average molecular weight is 290 g/mol. The molecule has 19 heavy (non-hydrogen) atoms. The standard InChI is InChI=1S/C12H19FN2O3S/c1-9-6-11(7-10(8-16)12(9)13)19(17,18)14-4-5-15(2)3/h6-7,14,16H,4-5,8H2,1-3H3. The van der Waals surface area contributed by atoms with Gasteiger partial charge in [-0.15, -0.1) is 0 Å². The van der Waals surface area contributed by atoms with Crippen LogP contribution < -0.4 is 4.72 Å². The van der Waals surface area contributed by atoms with Gasteiger partial charge in [-0.05, 0) is 38.7 Å². The molecule has 0 heterocycles. The molecule has 2 N–H and O–H groups in total. The second-order valence-corrected chi connectivity index (χ2v) is 6.34. The van der Waals surface area contributed by atoms with E-state index in [4.69, 9.17) is 5.11 Å². The average Bonchev–Trinajstić information content (AvgIpc) is 2.31. The second-order valence-electron chi connectivity index (χ2n) is 4.57. The Bertz CT molecular complexity index is 544. The van der Waals surface area contributed by atoms with E-state index in [0.29, 0.717) is 6.54 Å². The summed E-state index contributed by atoms with van der Waals surface area (Å²) in [5, 5.41) is 9.02. The highest BCUT2D eigenvalue weighted by molar-refractivity contribution is 7.89. The van der Waals surface area contributed by atoms with Gasteiger partial charge in [0, 0.05) is 18.7 Å². The molecule has 0 saturated heterocycles. The molecule has 0 aromatic heterocycles. The zero-order chi connectivity index (χ0) is 14.6. The van der Waals surface area contributed by atoms with Crippen molar-refractivity contribution in [1.82, 2.24) is 9.62 Å². The van der Waals surface area contributed by atoms with Crippen LogP contribution in [0.1, 0.15) is 11.1 Å². The van der Waals surface area contributed by atoms with Crippen molar-refractivity contribution >= 4 is 10.0 Å². The number of nitrogens with one attached hydrogen (secondary N) is 1. The van der Waals surface area contributed by atoms with Gasteiger partial charge in [0.1, 0.15) is 5.82 Å². The van der Waals surface area contributed by atoms with Gasteiger partial charge in [0.2, 0.25) is 10.0 Å². The lowest BCUT2D eigenvalue weighted by Crippen LogP contribution is -2.31. The van der Waals surface area contributed by atoms with Crippen LogP contribution in [-0.4, -0.2) is 45.6 Å². The molecule has 108 valence electrons. The number of sulfonamides is 1. The number of hydrogen-bond acceptors (Lipinski definition) is 4. The van der Waals surface area contributed by atoms with Crippen molar-refractivity contribution in [1.29, 1.82) is 0 Å². The fourth-order valence-electron chi connectivity index (χ4n) is 1.56. The topological polar surface area (TPSA) is 69.6 Å². The van der Waals surface area contributed by atoms with Crippen LogP contribution in [0.5, 0.6) is 0 Å². The Morgan fingerprint density at radius 3 is 2.53 bits per heavy atom. The van der Waals surface area contributed by atoms with Crippen molar-refractivity contribution in [3.8, 4) is 0 Å². The third kappa shape index (κ3) is 4.24. The smallest absolute Gasteiger partial charge is 0.240 e. The molecular formula is C12H19FN2O3S. The molecule has 5 nitrogen and oxygen atoms in total. The van der Waals surface area contributed by atoms with Crippen molar-refractivity contribution in [3.05, 3.63) is 29.1 Å². The Kier molecular flexibility index (Phi) is 5.42. The first-order chi connectivity index (χ1) is 8.77. The molecule has 7 heteroatoms. The lowest BCUT2D eigenvalue weighted by atomic mass is 10.1. The molecule has 0 bridgehead atoms. The lowest BCUT2D eigenvalue weighted by Gasteiger charge is -2.12. The Balaban J connectivity index is 2.98. The number of halogens is 1. The van der Waals surface area contributed by atoms with Crippen molar-refractivity contribution in [2.24, 2.45) is 0 Å². The maximum atomic E-state index is 13.5. The zero-order valence-electron chi connectivity index (χ0n) is 11.3. The maximum absolute atomic E-state index is 13.5. The molecular weight excluding hydrogens is 271 g/mol. The summed E-state index contributed by atoms with van der Waals surface area (Å²) < 4.78 is 40.0. The van der Waals surface area contributed by atoms with E-state index >= 15 is 0 Å². The number of likely N-dealkylation sites (N-methyl/N-ethyl adjacent to an activating group) is 1. The highest BCUT2D eigenvalue weighted by Gasteiger charge is 2.17. The summed E-state index contributed by atoms with van der Waals surface area (Å²) in [6, 6.07) is 2.41. The van der Waals surface area contributed by atoms with Gasteiger partial charge < -0.3 is 10.0 Å². The third-order valence-corrected chi connectivity index (χ3v) is 4.08. The van der Waals surface area contributed by atoms with Crippen LogP contribution >= 0.6 is 0 Å². The van der Waals surface area contributed by atoms with Crippen LogP contribution in [0.25, 0.3) is 0 Å². The highest BCUT2D eigenvalue weighted by atomic mass is 32.2. The van der Waals surface area contributed by atoms with Crippen molar-refractivity contribution in [2.75, 3.05) is 27.2 Å². The maximum Gasteiger partial charge on any atom is 0.240 e. The Hall–Kier alpha value is -1.02. The molecule has 1 rings (SSSR count). The first-order valence-electron chi connectivity index (χ1n) is 5.82. The predicted octanol–water partition coefficient (Wildman–Crippen LogP) is 0.466.